The van der Waals surface area contributed by atoms with Gasteiger partial charge < -0.3 is 15.5 Å². The van der Waals surface area contributed by atoms with Crippen molar-refractivity contribution < 1.29 is 14.3 Å². The number of nitrogen functional groups attached to an aromatic ring is 1. The van der Waals surface area contributed by atoms with Gasteiger partial charge in [-0.1, -0.05) is 0 Å². The zero-order chi connectivity index (χ0) is 12.4. The van der Waals surface area contributed by atoms with Gasteiger partial charge in [0.05, 0.1) is 30.0 Å². The van der Waals surface area contributed by atoms with E-state index in [2.05, 4.69) is 4.98 Å². The molecule has 0 fully saturated rings. The molecular weight excluding hydrogens is 220 g/mol. The molecule has 0 spiro atoms. The minimum absolute atomic E-state index is 0.0649. The molecule has 0 radical (unpaired) electrons. The predicted molar refractivity (Wildman–Crippen MR) is 62.8 cm³/mol. The van der Waals surface area contributed by atoms with Crippen LogP contribution >= 0.6 is 0 Å². The van der Waals surface area contributed by atoms with Crippen LogP contribution in [0.4, 0.5) is 5.69 Å². The first-order valence-corrected chi connectivity index (χ1v) is 5.81. The lowest BCUT2D eigenvalue weighted by atomic mass is 9.95. The maximum Gasteiger partial charge on any atom is 0.311 e. The monoisotopic (exact) mass is 236 g/mol. The zero-order valence-electron chi connectivity index (χ0n) is 9.84. The van der Waals surface area contributed by atoms with E-state index in [0.29, 0.717) is 30.0 Å². The molecule has 5 nitrogen and oxygen atoms in total. The second kappa shape index (κ2) is 4.61. The number of nitrogens with two attached hydrogens (primary N) is 1. The van der Waals surface area contributed by atoms with Crippen LogP contribution in [0.2, 0.25) is 0 Å². The van der Waals surface area contributed by atoms with Gasteiger partial charge in [-0.3, -0.25) is 9.59 Å². The number of nitrogens with one attached hydrogen (secondary N) is 1. The number of rotatable bonds is 3. The number of Topliss-reactive ketones (excluding diaryl/α,β-unsaturated/α-hetero) is 1. The lowest BCUT2D eigenvalue weighted by Gasteiger charge is -2.09. The van der Waals surface area contributed by atoms with Crippen LogP contribution in [0.25, 0.3) is 0 Å². The Hall–Kier alpha value is -1.78. The van der Waals surface area contributed by atoms with Crippen LogP contribution in [0.15, 0.2) is 0 Å². The van der Waals surface area contributed by atoms with E-state index in [-0.39, 0.29) is 18.2 Å². The average molecular weight is 236 g/mol. The van der Waals surface area contributed by atoms with Gasteiger partial charge >= 0.3 is 5.97 Å². The van der Waals surface area contributed by atoms with Crippen molar-refractivity contribution in [3.8, 4) is 0 Å². The molecule has 5 heteroatoms. The van der Waals surface area contributed by atoms with E-state index < -0.39 is 0 Å². The van der Waals surface area contributed by atoms with Crippen molar-refractivity contribution in [1.82, 2.24) is 4.98 Å². The minimum Gasteiger partial charge on any atom is -0.466 e. The first-order valence-electron chi connectivity index (χ1n) is 5.81. The molecule has 17 heavy (non-hydrogen) atoms. The Kier molecular flexibility index (Phi) is 3.17. The van der Waals surface area contributed by atoms with E-state index in [1.165, 1.54) is 0 Å². The number of ether oxygens (including phenoxy) is 1. The van der Waals surface area contributed by atoms with Gasteiger partial charge in [0.25, 0.3) is 0 Å². The number of hydrogen-bond donors (Lipinski definition) is 2. The van der Waals surface area contributed by atoms with Gasteiger partial charge in [-0.15, -0.1) is 0 Å². The number of esters is 1. The van der Waals surface area contributed by atoms with Crippen LogP contribution in [0.3, 0.4) is 0 Å². The number of ketones is 1. The highest BCUT2D eigenvalue weighted by Gasteiger charge is 2.25. The Morgan fingerprint density at radius 3 is 2.88 bits per heavy atom. The molecule has 0 aliphatic heterocycles. The molecule has 0 amide bonds. The molecular formula is C12H16N2O3. The molecule has 0 saturated heterocycles. The number of H-pyrrole nitrogens is 1. The molecule has 1 aliphatic carbocycles. The minimum atomic E-state index is -0.328. The van der Waals surface area contributed by atoms with Crippen molar-refractivity contribution in [2.45, 2.75) is 32.6 Å². The molecule has 1 aliphatic rings. The van der Waals surface area contributed by atoms with E-state index >= 15 is 0 Å². The summed E-state index contributed by atoms with van der Waals surface area (Å²) < 4.78 is 4.86. The Bertz CT molecular complexity index is 463. The molecule has 92 valence electrons. The lowest BCUT2D eigenvalue weighted by Crippen LogP contribution is -2.11. The first-order chi connectivity index (χ1) is 8.13. The molecule has 3 N–H and O–H groups in total. The summed E-state index contributed by atoms with van der Waals surface area (Å²) in [5.41, 5.74) is 8.35. The van der Waals surface area contributed by atoms with Crippen molar-refractivity contribution in [2.24, 2.45) is 0 Å². The number of aromatic nitrogens is 1. The Morgan fingerprint density at radius 2 is 2.24 bits per heavy atom. The first kappa shape index (κ1) is 11.7. The van der Waals surface area contributed by atoms with Gasteiger partial charge in [0.2, 0.25) is 0 Å². The zero-order valence-corrected chi connectivity index (χ0v) is 9.84. The fourth-order valence-electron chi connectivity index (χ4n) is 2.18. The molecule has 1 heterocycles. The number of anilines is 1. The second-order valence-corrected chi connectivity index (χ2v) is 4.13. The third-order valence-corrected chi connectivity index (χ3v) is 2.93. The highest BCUT2D eigenvalue weighted by atomic mass is 16.5. The Labute approximate surface area is 99.3 Å². The van der Waals surface area contributed by atoms with E-state index in [9.17, 15) is 9.59 Å². The third-order valence-electron chi connectivity index (χ3n) is 2.93. The third kappa shape index (κ3) is 2.18. The second-order valence-electron chi connectivity index (χ2n) is 4.13. The summed E-state index contributed by atoms with van der Waals surface area (Å²) in [6, 6.07) is 0. The summed E-state index contributed by atoms with van der Waals surface area (Å²) in [6.45, 7) is 2.10. The van der Waals surface area contributed by atoms with Crippen molar-refractivity contribution in [2.75, 3.05) is 12.3 Å². The van der Waals surface area contributed by atoms with E-state index in [4.69, 9.17) is 10.5 Å². The number of carbonyl (C=O) groups is 2. The maximum atomic E-state index is 11.7. The molecule has 1 aromatic rings. The summed E-state index contributed by atoms with van der Waals surface area (Å²) in [5, 5.41) is 0. The van der Waals surface area contributed by atoms with Crippen molar-refractivity contribution in [3.63, 3.8) is 0 Å². The summed E-state index contributed by atoms with van der Waals surface area (Å²) in [7, 11) is 0. The summed E-state index contributed by atoms with van der Waals surface area (Å²) in [6.07, 6.45) is 2.28. The van der Waals surface area contributed by atoms with E-state index in [0.717, 1.165) is 18.5 Å². The predicted octanol–water partition coefficient (Wildman–Crippen LogP) is 1.22. The van der Waals surface area contributed by atoms with Crippen LogP contribution in [0.5, 0.6) is 0 Å². The summed E-state index contributed by atoms with van der Waals surface area (Å²) >= 11 is 0. The standard InChI is InChI=1S/C12H16N2O3/c1-2-17-10(16)6-8-12(13)11-7(14-8)4-3-5-9(11)15/h14H,2-6,13H2,1H3. The fourth-order valence-corrected chi connectivity index (χ4v) is 2.18. The van der Waals surface area contributed by atoms with Gasteiger partial charge in [-0.2, -0.15) is 0 Å². The molecule has 2 rings (SSSR count). The van der Waals surface area contributed by atoms with Crippen LogP contribution in [-0.2, 0) is 22.4 Å². The van der Waals surface area contributed by atoms with Crippen LogP contribution in [0.1, 0.15) is 41.5 Å². The van der Waals surface area contributed by atoms with Crippen LogP contribution in [-0.4, -0.2) is 23.3 Å². The van der Waals surface area contributed by atoms with Crippen molar-refractivity contribution >= 4 is 17.4 Å². The SMILES string of the molecule is CCOC(=O)Cc1[nH]c2c(c1N)C(=O)CCC2. The molecule has 0 bridgehead atoms. The smallest absolute Gasteiger partial charge is 0.311 e. The number of aromatic amines is 1. The fraction of sp³-hybridized carbons (Fsp3) is 0.500. The van der Waals surface area contributed by atoms with E-state index in [1.807, 2.05) is 0 Å². The van der Waals surface area contributed by atoms with Crippen LogP contribution in [0, 0.1) is 0 Å². The number of fused-ring (bicyclic) bond motifs is 1. The Balaban J connectivity index is 2.25. The summed E-state index contributed by atoms with van der Waals surface area (Å²) in [4.78, 5) is 26.2. The number of aryl methyl sites for hydroxylation is 1. The van der Waals surface area contributed by atoms with Gasteiger partial charge in [0, 0.05) is 12.1 Å². The van der Waals surface area contributed by atoms with E-state index in [1.54, 1.807) is 6.92 Å². The highest BCUT2D eigenvalue weighted by Crippen LogP contribution is 2.29. The number of carbonyl (C=O) groups excluding carboxylic acids is 2. The average Bonchev–Trinajstić information content (AvgIpc) is 2.57. The Morgan fingerprint density at radius 1 is 1.47 bits per heavy atom. The quantitative estimate of drug-likeness (QED) is 0.773. The van der Waals surface area contributed by atoms with Gasteiger partial charge in [0.1, 0.15) is 0 Å². The van der Waals surface area contributed by atoms with Gasteiger partial charge in [0.15, 0.2) is 5.78 Å². The highest BCUT2D eigenvalue weighted by molar-refractivity contribution is 6.03. The lowest BCUT2D eigenvalue weighted by molar-refractivity contribution is -0.142. The molecule has 0 unspecified atom stereocenters. The van der Waals surface area contributed by atoms with Crippen LogP contribution < -0.4 is 5.73 Å². The number of hydrogen-bond acceptors (Lipinski definition) is 4. The topological polar surface area (TPSA) is 85.2 Å². The normalized spacial score (nSPS) is 14.5. The maximum absolute atomic E-state index is 11.7. The molecule has 0 saturated carbocycles. The summed E-state index contributed by atoms with van der Waals surface area (Å²) in [5.74, 6) is -0.264. The largest absolute Gasteiger partial charge is 0.466 e. The van der Waals surface area contributed by atoms with Gasteiger partial charge in [-0.25, -0.2) is 0 Å². The van der Waals surface area contributed by atoms with Crippen molar-refractivity contribution in [3.05, 3.63) is 17.0 Å². The molecule has 0 atom stereocenters. The molecule has 0 aromatic carbocycles. The van der Waals surface area contributed by atoms with Gasteiger partial charge in [-0.05, 0) is 19.8 Å². The molecule has 1 aromatic heterocycles. The van der Waals surface area contributed by atoms with Crippen molar-refractivity contribution in [1.29, 1.82) is 0 Å².